The Morgan fingerprint density at radius 3 is 2.48 bits per heavy atom. The van der Waals surface area contributed by atoms with Crippen LogP contribution in [0.1, 0.15) is 10.9 Å². The van der Waals surface area contributed by atoms with Crippen LogP contribution in [0.25, 0.3) is 0 Å². The molecule has 0 bridgehead atoms. The molecular weight excluding hydrogens is 362 g/mol. The third-order valence-electron chi connectivity index (χ3n) is 3.98. The second-order valence-corrected chi connectivity index (χ2v) is 6.80. The number of carbonyl (C=O) groups is 1. The molecule has 5 nitrogen and oxygen atoms in total. The molecule has 0 aromatic heterocycles. The van der Waals surface area contributed by atoms with Crippen molar-refractivity contribution in [1.29, 1.82) is 0 Å². The van der Waals surface area contributed by atoms with Crippen LogP contribution in [0, 0.1) is 0 Å². The number of thioether (sulfide) groups is 1. The van der Waals surface area contributed by atoms with Gasteiger partial charge in [-0.2, -0.15) is 0 Å². The maximum Gasteiger partial charge on any atom is 0.238 e. The lowest BCUT2D eigenvalue weighted by molar-refractivity contribution is -0.115. The van der Waals surface area contributed by atoms with Crippen molar-refractivity contribution in [2.45, 2.75) is 5.37 Å². The topological polar surface area (TPSA) is 48.0 Å². The van der Waals surface area contributed by atoms with Crippen LogP contribution in [0.5, 0.6) is 17.2 Å². The van der Waals surface area contributed by atoms with E-state index in [9.17, 15) is 4.79 Å². The van der Waals surface area contributed by atoms with E-state index < -0.39 is 0 Å². The first kappa shape index (κ1) is 17.8. The molecule has 2 aromatic carbocycles. The molecule has 132 valence electrons. The lowest BCUT2D eigenvalue weighted by atomic mass is 10.1. The van der Waals surface area contributed by atoms with Crippen LogP contribution in [-0.2, 0) is 4.79 Å². The molecule has 1 saturated heterocycles. The van der Waals surface area contributed by atoms with Gasteiger partial charge < -0.3 is 14.2 Å². The molecule has 1 heterocycles. The molecular formula is C18H18ClNO4S. The van der Waals surface area contributed by atoms with Gasteiger partial charge >= 0.3 is 0 Å². The average molecular weight is 380 g/mol. The van der Waals surface area contributed by atoms with E-state index in [2.05, 4.69) is 0 Å². The number of halogens is 1. The summed E-state index contributed by atoms with van der Waals surface area (Å²) < 4.78 is 16.1. The molecule has 1 aliphatic heterocycles. The number of rotatable bonds is 5. The molecule has 1 amide bonds. The first-order valence-electron chi connectivity index (χ1n) is 7.58. The first-order chi connectivity index (χ1) is 12.1. The van der Waals surface area contributed by atoms with E-state index in [1.54, 1.807) is 38.4 Å². The molecule has 1 aliphatic rings. The molecule has 0 N–H and O–H groups in total. The summed E-state index contributed by atoms with van der Waals surface area (Å²) in [5.41, 5.74) is 1.60. The van der Waals surface area contributed by atoms with Crippen molar-refractivity contribution in [3.8, 4) is 17.2 Å². The second kappa shape index (κ2) is 7.45. The third kappa shape index (κ3) is 3.24. The fourth-order valence-corrected chi connectivity index (χ4v) is 4.29. The summed E-state index contributed by atoms with van der Waals surface area (Å²) in [6.07, 6.45) is 0. The molecule has 7 heteroatoms. The summed E-state index contributed by atoms with van der Waals surface area (Å²) >= 11 is 7.78. The molecule has 1 atom stereocenters. The first-order valence-corrected chi connectivity index (χ1v) is 9.01. The van der Waals surface area contributed by atoms with Crippen LogP contribution in [0.4, 0.5) is 5.69 Å². The smallest absolute Gasteiger partial charge is 0.238 e. The van der Waals surface area contributed by atoms with Gasteiger partial charge in [-0.3, -0.25) is 9.69 Å². The largest absolute Gasteiger partial charge is 0.495 e. The lowest BCUT2D eigenvalue weighted by Gasteiger charge is -2.26. The van der Waals surface area contributed by atoms with E-state index >= 15 is 0 Å². The number of hydrogen-bond acceptors (Lipinski definition) is 5. The minimum absolute atomic E-state index is 0.0149. The summed E-state index contributed by atoms with van der Waals surface area (Å²) in [5, 5.41) is 0.239. The number of hydrogen-bond donors (Lipinski definition) is 0. The van der Waals surface area contributed by atoms with Crippen LogP contribution in [0.3, 0.4) is 0 Å². The van der Waals surface area contributed by atoms with Crippen LogP contribution < -0.4 is 19.1 Å². The quantitative estimate of drug-likeness (QED) is 0.781. The molecule has 0 saturated carbocycles. The maximum absolute atomic E-state index is 12.5. The van der Waals surface area contributed by atoms with Crippen molar-refractivity contribution in [2.75, 3.05) is 32.0 Å². The summed E-state index contributed by atoms with van der Waals surface area (Å²) in [6.45, 7) is 0. The fraction of sp³-hybridized carbons (Fsp3) is 0.278. The predicted octanol–water partition coefficient (Wildman–Crippen LogP) is 4.14. The monoisotopic (exact) mass is 379 g/mol. The Morgan fingerprint density at radius 1 is 1.08 bits per heavy atom. The minimum Gasteiger partial charge on any atom is -0.495 e. The van der Waals surface area contributed by atoms with Gasteiger partial charge in [0.2, 0.25) is 5.91 Å². The predicted molar refractivity (Wildman–Crippen MR) is 100 cm³/mol. The zero-order valence-electron chi connectivity index (χ0n) is 14.1. The van der Waals surface area contributed by atoms with Gasteiger partial charge in [0, 0.05) is 11.3 Å². The molecule has 25 heavy (non-hydrogen) atoms. The number of amides is 1. The Hall–Kier alpha value is -2.05. The van der Waals surface area contributed by atoms with Gasteiger partial charge in [0.25, 0.3) is 0 Å². The normalized spacial score (nSPS) is 16.9. The van der Waals surface area contributed by atoms with Crippen LogP contribution >= 0.6 is 23.4 Å². The Kier molecular flexibility index (Phi) is 5.30. The molecule has 0 aliphatic carbocycles. The average Bonchev–Trinajstić information content (AvgIpc) is 3.02. The van der Waals surface area contributed by atoms with E-state index in [0.29, 0.717) is 28.0 Å². The highest BCUT2D eigenvalue weighted by Crippen LogP contribution is 2.47. The van der Waals surface area contributed by atoms with E-state index in [4.69, 9.17) is 25.8 Å². The number of benzene rings is 2. The van der Waals surface area contributed by atoms with Gasteiger partial charge in [-0.05, 0) is 24.3 Å². The van der Waals surface area contributed by atoms with Crippen LogP contribution in [-0.4, -0.2) is 33.0 Å². The molecule has 3 rings (SSSR count). The van der Waals surface area contributed by atoms with Gasteiger partial charge in [-0.25, -0.2) is 0 Å². The van der Waals surface area contributed by atoms with E-state index in [1.165, 1.54) is 11.8 Å². The Bertz CT molecular complexity index is 799. The molecule has 0 radical (unpaired) electrons. The van der Waals surface area contributed by atoms with Crippen molar-refractivity contribution in [1.82, 2.24) is 0 Å². The van der Waals surface area contributed by atoms with E-state index in [0.717, 1.165) is 11.3 Å². The highest BCUT2D eigenvalue weighted by molar-refractivity contribution is 8.00. The van der Waals surface area contributed by atoms with Crippen LogP contribution in [0.2, 0.25) is 5.02 Å². The maximum atomic E-state index is 12.5. The van der Waals surface area contributed by atoms with Crippen molar-refractivity contribution in [2.24, 2.45) is 0 Å². The number of ether oxygens (including phenoxy) is 3. The van der Waals surface area contributed by atoms with E-state index in [-0.39, 0.29) is 11.3 Å². The highest BCUT2D eigenvalue weighted by atomic mass is 35.5. The summed E-state index contributed by atoms with van der Waals surface area (Å²) in [5.74, 6) is 2.23. The number of carbonyl (C=O) groups excluding carboxylic acids is 1. The van der Waals surface area contributed by atoms with Gasteiger partial charge in [0.1, 0.15) is 11.1 Å². The lowest BCUT2D eigenvalue weighted by Crippen LogP contribution is -2.28. The molecule has 0 spiro atoms. The molecule has 2 aromatic rings. The molecule has 1 fully saturated rings. The number of anilines is 1. The van der Waals surface area contributed by atoms with Crippen molar-refractivity contribution in [3.05, 3.63) is 47.0 Å². The van der Waals surface area contributed by atoms with Gasteiger partial charge in [-0.1, -0.05) is 23.7 Å². The van der Waals surface area contributed by atoms with Gasteiger partial charge in [0.05, 0.1) is 32.1 Å². The Labute approximate surface area is 155 Å². The standard InChI is InChI=1S/C18H18ClNO4S/c1-22-14-8-7-11(9-13(14)19)20-16(21)10-25-18(20)12-5-4-6-15(23-2)17(12)24-3/h4-9,18H,10H2,1-3H3/t18-/m0/s1. The Balaban J connectivity index is 2.05. The van der Waals surface area contributed by atoms with Crippen LogP contribution in [0.15, 0.2) is 36.4 Å². The van der Waals surface area contributed by atoms with Gasteiger partial charge in [0.15, 0.2) is 11.5 Å². The van der Waals surface area contributed by atoms with Crippen molar-refractivity contribution >= 4 is 35.0 Å². The highest BCUT2D eigenvalue weighted by Gasteiger charge is 2.36. The second-order valence-electron chi connectivity index (χ2n) is 5.33. The summed E-state index contributed by atoms with van der Waals surface area (Å²) in [6, 6.07) is 11.0. The number of methoxy groups -OCH3 is 3. The zero-order valence-corrected chi connectivity index (χ0v) is 15.7. The van der Waals surface area contributed by atoms with Crippen molar-refractivity contribution < 1.29 is 19.0 Å². The SMILES string of the molecule is COc1ccc(N2C(=O)CS[C@H]2c2cccc(OC)c2OC)cc1Cl. The fourth-order valence-electron chi connectivity index (χ4n) is 2.84. The molecule has 0 unspecified atom stereocenters. The zero-order chi connectivity index (χ0) is 18.0. The van der Waals surface area contributed by atoms with E-state index in [1.807, 2.05) is 24.3 Å². The van der Waals surface area contributed by atoms with Gasteiger partial charge in [-0.15, -0.1) is 11.8 Å². The third-order valence-corrected chi connectivity index (χ3v) is 5.47. The number of para-hydroxylation sites is 1. The van der Waals surface area contributed by atoms with Crippen molar-refractivity contribution in [3.63, 3.8) is 0 Å². The summed E-state index contributed by atoms with van der Waals surface area (Å²) in [7, 11) is 4.74. The number of nitrogens with zero attached hydrogens (tertiary/aromatic N) is 1. The Morgan fingerprint density at radius 2 is 1.84 bits per heavy atom. The minimum atomic E-state index is -0.220. The summed E-state index contributed by atoms with van der Waals surface area (Å²) in [4.78, 5) is 14.3.